The number of methoxy groups -OCH3 is 1. The van der Waals surface area contributed by atoms with Crippen molar-refractivity contribution < 1.29 is 17.9 Å². The van der Waals surface area contributed by atoms with Gasteiger partial charge in [-0.15, -0.1) is 11.3 Å². The summed E-state index contributed by atoms with van der Waals surface area (Å²) in [7, 11) is -2.46. The van der Waals surface area contributed by atoms with Gasteiger partial charge in [0.25, 0.3) is 0 Å². The third kappa shape index (κ3) is 4.57. The highest BCUT2D eigenvalue weighted by Gasteiger charge is 2.24. The Morgan fingerprint density at radius 1 is 1.42 bits per heavy atom. The van der Waals surface area contributed by atoms with Crippen molar-refractivity contribution in [1.82, 2.24) is 10.0 Å². The largest absolute Gasteiger partial charge is 0.465 e. The van der Waals surface area contributed by atoms with Gasteiger partial charge in [0.2, 0.25) is 10.0 Å². The zero-order chi connectivity index (χ0) is 14.5. The topological polar surface area (TPSA) is 84.5 Å². The summed E-state index contributed by atoms with van der Waals surface area (Å²) in [5.41, 5.74) is 0. The lowest BCUT2D eigenvalue weighted by Gasteiger charge is -2.09. The second kappa shape index (κ2) is 6.99. The highest BCUT2D eigenvalue weighted by molar-refractivity contribution is 7.89. The van der Waals surface area contributed by atoms with Crippen LogP contribution in [0.5, 0.6) is 0 Å². The van der Waals surface area contributed by atoms with Crippen molar-refractivity contribution in [1.29, 1.82) is 0 Å². The van der Waals surface area contributed by atoms with Crippen molar-refractivity contribution in [2.45, 2.75) is 24.8 Å². The van der Waals surface area contributed by atoms with E-state index < -0.39 is 16.0 Å². The summed E-state index contributed by atoms with van der Waals surface area (Å²) >= 11 is 1.04. The van der Waals surface area contributed by atoms with E-state index in [4.69, 9.17) is 0 Å². The van der Waals surface area contributed by atoms with Gasteiger partial charge in [-0.25, -0.2) is 17.9 Å². The normalized spacial score (nSPS) is 11.8. The zero-order valence-corrected chi connectivity index (χ0v) is 12.7. The first-order chi connectivity index (χ1) is 8.88. The summed E-state index contributed by atoms with van der Waals surface area (Å²) in [4.78, 5) is 11.5. The molecule has 0 unspecified atom stereocenters. The summed E-state index contributed by atoms with van der Waals surface area (Å²) in [5.74, 6) is -0.643. The van der Waals surface area contributed by atoms with E-state index >= 15 is 0 Å². The smallest absolute Gasteiger partial charge is 0.349 e. The monoisotopic (exact) mass is 306 g/mol. The molecule has 6 nitrogen and oxygen atoms in total. The second-order valence-corrected chi connectivity index (χ2v) is 6.76. The molecule has 1 aromatic heterocycles. The summed E-state index contributed by atoms with van der Waals surface area (Å²) in [5, 5.41) is 4.64. The van der Waals surface area contributed by atoms with Crippen LogP contribution in [0.25, 0.3) is 0 Å². The summed E-state index contributed by atoms with van der Waals surface area (Å²) in [6, 6.07) is 1.69. The summed E-state index contributed by atoms with van der Waals surface area (Å²) < 4.78 is 31.1. The fourth-order valence-corrected chi connectivity index (χ4v) is 3.74. The van der Waals surface area contributed by atoms with E-state index in [1.165, 1.54) is 13.2 Å². The molecular weight excluding hydrogens is 288 g/mol. The molecule has 1 aromatic rings. The predicted octanol–water partition coefficient (Wildman–Crippen LogP) is 0.811. The van der Waals surface area contributed by atoms with Crippen LogP contribution in [-0.4, -0.2) is 40.6 Å². The van der Waals surface area contributed by atoms with E-state index in [0.717, 1.165) is 11.3 Å². The third-order valence-corrected chi connectivity index (χ3v) is 4.79. The molecule has 1 rings (SSSR count). The van der Waals surface area contributed by atoms with Crippen LogP contribution in [0, 0.1) is 0 Å². The van der Waals surface area contributed by atoms with Crippen LogP contribution in [0.3, 0.4) is 0 Å². The van der Waals surface area contributed by atoms with Gasteiger partial charge in [0.1, 0.15) is 9.77 Å². The SMILES string of the molecule is COC(=O)c1sccc1S(=O)(=O)NCCNC(C)C. The van der Waals surface area contributed by atoms with E-state index in [1.54, 1.807) is 5.38 Å². The van der Waals surface area contributed by atoms with Gasteiger partial charge in [-0.1, -0.05) is 13.8 Å². The first-order valence-electron chi connectivity index (χ1n) is 5.77. The Balaban J connectivity index is 2.73. The van der Waals surface area contributed by atoms with E-state index in [0.29, 0.717) is 6.54 Å². The Hall–Kier alpha value is -0.960. The van der Waals surface area contributed by atoms with Gasteiger partial charge in [0.05, 0.1) is 7.11 Å². The van der Waals surface area contributed by atoms with Crippen LogP contribution < -0.4 is 10.0 Å². The minimum atomic E-state index is -3.68. The Labute approximate surface area is 117 Å². The number of hydrogen-bond donors (Lipinski definition) is 2. The Kier molecular flexibility index (Phi) is 5.92. The minimum absolute atomic E-state index is 0.0334. The second-order valence-electron chi connectivity index (χ2n) is 4.11. The first kappa shape index (κ1) is 16.1. The molecular formula is C11H18N2O4S2. The molecule has 0 radical (unpaired) electrons. The molecule has 0 aliphatic heterocycles. The number of esters is 1. The summed E-state index contributed by atoms with van der Waals surface area (Å²) in [6.07, 6.45) is 0. The molecule has 0 amide bonds. The first-order valence-corrected chi connectivity index (χ1v) is 8.13. The van der Waals surface area contributed by atoms with Crippen LogP contribution in [0.2, 0.25) is 0 Å². The van der Waals surface area contributed by atoms with Crippen molar-refractivity contribution in [2.75, 3.05) is 20.2 Å². The maximum Gasteiger partial charge on any atom is 0.349 e. The lowest BCUT2D eigenvalue weighted by atomic mass is 10.4. The number of thiophene rings is 1. The highest BCUT2D eigenvalue weighted by atomic mass is 32.2. The van der Waals surface area contributed by atoms with Gasteiger partial charge in [-0.05, 0) is 11.4 Å². The van der Waals surface area contributed by atoms with Crippen LogP contribution in [-0.2, 0) is 14.8 Å². The van der Waals surface area contributed by atoms with Gasteiger partial charge in [0, 0.05) is 19.1 Å². The number of sulfonamides is 1. The fourth-order valence-electron chi connectivity index (χ4n) is 1.37. The molecule has 8 heteroatoms. The van der Waals surface area contributed by atoms with Gasteiger partial charge in [0.15, 0.2) is 0 Å². The van der Waals surface area contributed by atoms with Crippen LogP contribution in [0.4, 0.5) is 0 Å². The average Bonchev–Trinajstić information content (AvgIpc) is 2.83. The van der Waals surface area contributed by atoms with E-state index in [9.17, 15) is 13.2 Å². The highest BCUT2D eigenvalue weighted by Crippen LogP contribution is 2.22. The van der Waals surface area contributed by atoms with Crippen molar-refractivity contribution in [3.63, 3.8) is 0 Å². The fraction of sp³-hybridized carbons (Fsp3) is 0.545. The quantitative estimate of drug-likeness (QED) is 0.575. The molecule has 0 saturated heterocycles. The number of nitrogens with one attached hydrogen (secondary N) is 2. The maximum absolute atomic E-state index is 12.0. The Bertz CT molecular complexity index is 523. The van der Waals surface area contributed by atoms with Crippen LogP contribution in [0.1, 0.15) is 23.5 Å². The van der Waals surface area contributed by atoms with E-state index in [-0.39, 0.29) is 22.4 Å². The van der Waals surface area contributed by atoms with Crippen molar-refractivity contribution in [3.8, 4) is 0 Å². The molecule has 1 heterocycles. The number of ether oxygens (including phenoxy) is 1. The lowest BCUT2D eigenvalue weighted by molar-refractivity contribution is 0.0602. The molecule has 0 atom stereocenters. The molecule has 0 aliphatic rings. The zero-order valence-electron chi connectivity index (χ0n) is 11.1. The average molecular weight is 306 g/mol. The van der Waals surface area contributed by atoms with Gasteiger partial charge in [-0.3, -0.25) is 0 Å². The van der Waals surface area contributed by atoms with Gasteiger partial charge >= 0.3 is 5.97 Å². The number of rotatable bonds is 7. The molecule has 0 aromatic carbocycles. The molecule has 0 bridgehead atoms. The number of carbonyl (C=O) groups is 1. The lowest BCUT2D eigenvalue weighted by Crippen LogP contribution is -2.34. The molecule has 0 spiro atoms. The van der Waals surface area contributed by atoms with Crippen LogP contribution >= 0.6 is 11.3 Å². The minimum Gasteiger partial charge on any atom is -0.465 e. The summed E-state index contributed by atoms with van der Waals surface area (Å²) in [6.45, 7) is 4.73. The predicted molar refractivity (Wildman–Crippen MR) is 74.0 cm³/mol. The molecule has 0 saturated carbocycles. The number of hydrogen-bond acceptors (Lipinski definition) is 6. The molecule has 19 heavy (non-hydrogen) atoms. The molecule has 0 fully saturated rings. The van der Waals surface area contributed by atoms with Crippen LogP contribution in [0.15, 0.2) is 16.3 Å². The number of carbonyl (C=O) groups excluding carboxylic acids is 1. The van der Waals surface area contributed by atoms with E-state index in [1.807, 2.05) is 13.8 Å². The Morgan fingerprint density at radius 2 is 2.11 bits per heavy atom. The molecule has 0 aliphatic carbocycles. The standard InChI is InChI=1S/C11H18N2O4S2/c1-8(2)12-5-6-13-19(15,16)9-4-7-18-10(9)11(14)17-3/h4,7-8,12-13H,5-6H2,1-3H3. The molecule has 108 valence electrons. The van der Waals surface area contributed by atoms with Crippen molar-refractivity contribution in [2.24, 2.45) is 0 Å². The van der Waals surface area contributed by atoms with Crippen molar-refractivity contribution >= 4 is 27.3 Å². The Morgan fingerprint density at radius 3 is 2.68 bits per heavy atom. The van der Waals surface area contributed by atoms with E-state index in [2.05, 4.69) is 14.8 Å². The van der Waals surface area contributed by atoms with Gasteiger partial charge in [-0.2, -0.15) is 0 Å². The third-order valence-electron chi connectivity index (χ3n) is 2.26. The van der Waals surface area contributed by atoms with Crippen molar-refractivity contribution in [3.05, 3.63) is 16.3 Å². The maximum atomic E-state index is 12.0. The molecule has 2 N–H and O–H groups in total. The van der Waals surface area contributed by atoms with Gasteiger partial charge < -0.3 is 10.1 Å².